The lowest BCUT2D eigenvalue weighted by atomic mass is 9.96. The van der Waals surface area contributed by atoms with Crippen LogP contribution in [-0.4, -0.2) is 18.0 Å². The second kappa shape index (κ2) is 7.36. The predicted octanol–water partition coefficient (Wildman–Crippen LogP) is 4.42. The zero-order chi connectivity index (χ0) is 14.5. The minimum atomic E-state index is 0.132. The van der Waals surface area contributed by atoms with Crippen LogP contribution in [0.1, 0.15) is 30.5 Å². The molecule has 0 saturated carbocycles. The fourth-order valence-corrected chi connectivity index (χ4v) is 3.59. The summed E-state index contributed by atoms with van der Waals surface area (Å²) in [5.41, 5.74) is 8.99. The number of benzene rings is 1. The normalized spacial score (nSPS) is 14.4. The van der Waals surface area contributed by atoms with Crippen molar-refractivity contribution in [1.82, 2.24) is 4.90 Å². The summed E-state index contributed by atoms with van der Waals surface area (Å²) < 4.78 is 1.10. The summed E-state index contributed by atoms with van der Waals surface area (Å²) in [6, 6.07) is 11.0. The Balaban J connectivity index is 2.23. The highest BCUT2D eigenvalue weighted by molar-refractivity contribution is 9.10. The molecule has 1 heterocycles. The molecule has 0 bridgehead atoms. The number of likely N-dealkylation sites (N-methyl/N-ethyl adjacent to an activating group) is 1. The fourth-order valence-electron chi connectivity index (χ4n) is 2.51. The zero-order valence-corrected chi connectivity index (χ0v) is 14.3. The van der Waals surface area contributed by atoms with Gasteiger partial charge >= 0.3 is 0 Å². The maximum absolute atomic E-state index is 6.37. The summed E-state index contributed by atoms with van der Waals surface area (Å²) in [4.78, 5) is 2.35. The van der Waals surface area contributed by atoms with Crippen LogP contribution in [0.2, 0.25) is 0 Å². The maximum Gasteiger partial charge on any atom is 0.0499 e. The Morgan fingerprint density at radius 3 is 2.75 bits per heavy atom. The molecule has 2 rings (SSSR count). The Morgan fingerprint density at radius 1 is 1.35 bits per heavy atom. The first-order valence-corrected chi connectivity index (χ1v) is 8.57. The van der Waals surface area contributed by atoms with Crippen LogP contribution in [-0.2, 0) is 6.54 Å². The van der Waals surface area contributed by atoms with Gasteiger partial charge in [0.2, 0.25) is 0 Å². The maximum atomic E-state index is 6.37. The van der Waals surface area contributed by atoms with Crippen molar-refractivity contribution in [3.05, 3.63) is 56.7 Å². The highest BCUT2D eigenvalue weighted by Crippen LogP contribution is 2.27. The molecular weight excluding hydrogens is 332 g/mol. The number of hydrogen-bond acceptors (Lipinski definition) is 3. The number of rotatable bonds is 6. The van der Waals surface area contributed by atoms with Gasteiger partial charge in [0.1, 0.15) is 0 Å². The van der Waals surface area contributed by atoms with E-state index in [2.05, 4.69) is 75.9 Å². The van der Waals surface area contributed by atoms with Gasteiger partial charge < -0.3 is 5.73 Å². The molecule has 2 nitrogen and oxygen atoms in total. The van der Waals surface area contributed by atoms with E-state index in [1.165, 1.54) is 11.1 Å². The molecular formula is C16H21BrN2S. The molecule has 1 aromatic heterocycles. The first-order chi connectivity index (χ1) is 9.61. The van der Waals surface area contributed by atoms with Gasteiger partial charge in [0, 0.05) is 23.1 Å². The summed E-state index contributed by atoms with van der Waals surface area (Å²) in [5, 5.41) is 4.32. The van der Waals surface area contributed by atoms with Crippen LogP contribution in [0.25, 0.3) is 0 Å². The summed E-state index contributed by atoms with van der Waals surface area (Å²) in [6.07, 6.45) is 0.963. The van der Waals surface area contributed by atoms with Crippen molar-refractivity contribution >= 4 is 27.3 Å². The van der Waals surface area contributed by atoms with Crippen molar-refractivity contribution in [2.24, 2.45) is 5.73 Å². The van der Waals surface area contributed by atoms with Crippen molar-refractivity contribution in [2.45, 2.75) is 32.0 Å². The third-order valence-electron chi connectivity index (χ3n) is 3.55. The third kappa shape index (κ3) is 3.92. The average molecular weight is 353 g/mol. The van der Waals surface area contributed by atoms with E-state index in [4.69, 9.17) is 5.73 Å². The van der Waals surface area contributed by atoms with E-state index < -0.39 is 0 Å². The quantitative estimate of drug-likeness (QED) is 0.833. The van der Waals surface area contributed by atoms with Crippen LogP contribution in [0.5, 0.6) is 0 Å². The Bertz CT molecular complexity index is 527. The van der Waals surface area contributed by atoms with Gasteiger partial charge in [0.15, 0.2) is 0 Å². The lowest BCUT2D eigenvalue weighted by Crippen LogP contribution is -2.38. The number of nitrogens with zero attached hydrogens (tertiary/aromatic N) is 1. The fraction of sp³-hybridized carbons (Fsp3) is 0.375. The van der Waals surface area contributed by atoms with Gasteiger partial charge in [-0.1, -0.05) is 35.0 Å². The second-order valence-corrected chi connectivity index (χ2v) is 6.81. The van der Waals surface area contributed by atoms with Gasteiger partial charge in [-0.2, -0.15) is 11.3 Å². The van der Waals surface area contributed by atoms with E-state index in [-0.39, 0.29) is 12.1 Å². The zero-order valence-electron chi connectivity index (χ0n) is 11.9. The number of thiophene rings is 1. The van der Waals surface area contributed by atoms with E-state index in [9.17, 15) is 0 Å². The molecule has 2 unspecified atom stereocenters. The molecule has 108 valence electrons. The summed E-state index contributed by atoms with van der Waals surface area (Å²) in [7, 11) is 2.15. The Morgan fingerprint density at radius 2 is 2.15 bits per heavy atom. The SMILES string of the molecule is CCC(N)C(c1cccc(Br)c1)N(C)Cc1ccsc1. The first kappa shape index (κ1) is 15.7. The lowest BCUT2D eigenvalue weighted by molar-refractivity contribution is 0.202. The van der Waals surface area contributed by atoms with Gasteiger partial charge in [-0.05, 0) is 53.6 Å². The second-order valence-electron chi connectivity index (χ2n) is 5.12. The standard InChI is InChI=1S/C16H21BrN2S/c1-3-15(18)16(13-5-4-6-14(17)9-13)19(2)10-12-7-8-20-11-12/h4-9,11,15-16H,3,10,18H2,1-2H3. The monoisotopic (exact) mass is 352 g/mol. The predicted molar refractivity (Wildman–Crippen MR) is 90.9 cm³/mol. The van der Waals surface area contributed by atoms with Gasteiger partial charge in [0.25, 0.3) is 0 Å². The molecule has 0 spiro atoms. The average Bonchev–Trinajstić information content (AvgIpc) is 2.91. The molecule has 2 aromatic rings. The van der Waals surface area contributed by atoms with Crippen molar-refractivity contribution in [1.29, 1.82) is 0 Å². The molecule has 0 aliphatic rings. The Hall–Kier alpha value is -0.680. The van der Waals surface area contributed by atoms with Gasteiger partial charge in [0.05, 0.1) is 0 Å². The molecule has 0 aliphatic heterocycles. The highest BCUT2D eigenvalue weighted by Gasteiger charge is 2.23. The van der Waals surface area contributed by atoms with E-state index in [0.717, 1.165) is 17.4 Å². The van der Waals surface area contributed by atoms with Crippen LogP contribution >= 0.6 is 27.3 Å². The smallest absolute Gasteiger partial charge is 0.0499 e. The first-order valence-electron chi connectivity index (χ1n) is 6.84. The number of nitrogens with two attached hydrogens (primary N) is 1. The summed E-state index contributed by atoms with van der Waals surface area (Å²) in [6.45, 7) is 3.07. The number of halogens is 1. The minimum Gasteiger partial charge on any atom is -0.326 e. The van der Waals surface area contributed by atoms with Crippen molar-refractivity contribution in [3.8, 4) is 0 Å². The molecule has 4 heteroatoms. The lowest BCUT2D eigenvalue weighted by Gasteiger charge is -2.32. The van der Waals surface area contributed by atoms with E-state index in [1.54, 1.807) is 11.3 Å². The minimum absolute atomic E-state index is 0.132. The third-order valence-corrected chi connectivity index (χ3v) is 4.78. The molecule has 2 atom stereocenters. The van der Waals surface area contributed by atoms with Gasteiger partial charge in [-0.3, -0.25) is 4.90 Å². The molecule has 0 radical (unpaired) electrons. The van der Waals surface area contributed by atoms with E-state index in [1.807, 2.05) is 0 Å². The van der Waals surface area contributed by atoms with Crippen molar-refractivity contribution < 1.29 is 0 Å². The summed E-state index contributed by atoms with van der Waals surface area (Å²) in [5.74, 6) is 0. The van der Waals surface area contributed by atoms with Crippen molar-refractivity contribution in [3.63, 3.8) is 0 Å². The molecule has 0 saturated heterocycles. The molecule has 0 aliphatic carbocycles. The van der Waals surface area contributed by atoms with Crippen LogP contribution in [0.15, 0.2) is 45.6 Å². The molecule has 0 amide bonds. The Kier molecular flexibility index (Phi) is 5.78. The largest absolute Gasteiger partial charge is 0.326 e. The van der Waals surface area contributed by atoms with E-state index >= 15 is 0 Å². The molecule has 2 N–H and O–H groups in total. The number of hydrogen-bond donors (Lipinski definition) is 1. The van der Waals surface area contributed by atoms with Crippen LogP contribution in [0, 0.1) is 0 Å². The van der Waals surface area contributed by atoms with Crippen LogP contribution in [0.4, 0.5) is 0 Å². The van der Waals surface area contributed by atoms with Crippen LogP contribution in [0.3, 0.4) is 0 Å². The highest BCUT2D eigenvalue weighted by atomic mass is 79.9. The van der Waals surface area contributed by atoms with Gasteiger partial charge in [-0.25, -0.2) is 0 Å². The molecule has 0 fully saturated rings. The van der Waals surface area contributed by atoms with Crippen LogP contribution < -0.4 is 5.73 Å². The molecule has 20 heavy (non-hydrogen) atoms. The van der Waals surface area contributed by atoms with Crippen molar-refractivity contribution in [2.75, 3.05) is 7.05 Å². The Labute approximate surface area is 133 Å². The van der Waals surface area contributed by atoms with Gasteiger partial charge in [-0.15, -0.1) is 0 Å². The topological polar surface area (TPSA) is 29.3 Å². The molecule has 1 aromatic carbocycles. The van der Waals surface area contributed by atoms with E-state index in [0.29, 0.717) is 0 Å². The summed E-state index contributed by atoms with van der Waals surface area (Å²) >= 11 is 5.29.